The number of rotatable bonds is 4. The number of amides is 3. The molecular formula is C21H16F3N3O2. The number of alkyl halides is 3. The molecule has 3 aromatic carbocycles. The van der Waals surface area contributed by atoms with Gasteiger partial charge in [-0.2, -0.15) is 13.2 Å². The van der Waals surface area contributed by atoms with E-state index in [1.54, 1.807) is 48.5 Å². The Morgan fingerprint density at radius 3 is 1.86 bits per heavy atom. The first kappa shape index (κ1) is 19.9. The molecular weight excluding hydrogens is 383 g/mol. The number of nitrogens with one attached hydrogen (secondary N) is 2. The van der Waals surface area contributed by atoms with Gasteiger partial charge in [-0.25, -0.2) is 4.79 Å². The standard InChI is InChI=1S/C21H16F3N3O2/c22-21(23,24)14-7-5-13(6-8-14)17-3-1-2-4-18(17)19(28)26-15-9-11-16(12-10-15)27-20(25)29/h1-12H,(H,26,28)(H3,25,27,29). The Morgan fingerprint density at radius 2 is 1.31 bits per heavy atom. The lowest BCUT2D eigenvalue weighted by atomic mass is 9.98. The van der Waals surface area contributed by atoms with E-state index in [4.69, 9.17) is 5.73 Å². The number of urea groups is 1. The zero-order valence-electron chi connectivity index (χ0n) is 15.0. The van der Waals surface area contributed by atoms with Crippen molar-refractivity contribution in [3.05, 3.63) is 83.9 Å². The highest BCUT2D eigenvalue weighted by molar-refractivity contribution is 6.08. The highest BCUT2D eigenvalue weighted by Crippen LogP contribution is 2.32. The van der Waals surface area contributed by atoms with E-state index in [2.05, 4.69) is 10.6 Å². The van der Waals surface area contributed by atoms with Gasteiger partial charge < -0.3 is 16.4 Å². The number of halogens is 3. The summed E-state index contributed by atoms with van der Waals surface area (Å²) in [5.41, 5.74) is 6.54. The van der Waals surface area contributed by atoms with Gasteiger partial charge in [0.15, 0.2) is 0 Å². The number of primary amides is 1. The van der Waals surface area contributed by atoms with Crippen LogP contribution in [0.5, 0.6) is 0 Å². The zero-order chi connectivity index (χ0) is 21.0. The van der Waals surface area contributed by atoms with Crippen LogP contribution in [0.3, 0.4) is 0 Å². The Morgan fingerprint density at radius 1 is 0.759 bits per heavy atom. The second kappa shape index (κ2) is 8.05. The quantitative estimate of drug-likeness (QED) is 0.569. The molecule has 29 heavy (non-hydrogen) atoms. The molecule has 0 saturated carbocycles. The molecule has 4 N–H and O–H groups in total. The number of hydrogen-bond acceptors (Lipinski definition) is 2. The third-order valence-corrected chi connectivity index (χ3v) is 4.11. The molecule has 0 aliphatic carbocycles. The predicted octanol–water partition coefficient (Wildman–Crippen LogP) is 5.12. The zero-order valence-corrected chi connectivity index (χ0v) is 15.0. The van der Waals surface area contributed by atoms with Gasteiger partial charge in [-0.15, -0.1) is 0 Å². The van der Waals surface area contributed by atoms with Gasteiger partial charge in [-0.3, -0.25) is 4.79 Å². The van der Waals surface area contributed by atoms with E-state index < -0.39 is 23.7 Å². The molecule has 5 nitrogen and oxygen atoms in total. The maximum absolute atomic E-state index is 12.8. The fraction of sp³-hybridized carbons (Fsp3) is 0.0476. The first-order valence-corrected chi connectivity index (χ1v) is 8.48. The van der Waals surface area contributed by atoms with Crippen molar-refractivity contribution in [3.63, 3.8) is 0 Å². The van der Waals surface area contributed by atoms with Crippen LogP contribution in [0.25, 0.3) is 11.1 Å². The lowest BCUT2D eigenvalue weighted by Gasteiger charge is -2.12. The first-order valence-electron chi connectivity index (χ1n) is 8.48. The minimum absolute atomic E-state index is 0.312. The van der Waals surface area contributed by atoms with Gasteiger partial charge in [0.1, 0.15) is 0 Å². The van der Waals surface area contributed by atoms with Gasteiger partial charge >= 0.3 is 12.2 Å². The van der Waals surface area contributed by atoms with Crippen LogP contribution in [0.15, 0.2) is 72.8 Å². The number of carbonyl (C=O) groups is 2. The van der Waals surface area contributed by atoms with Crippen LogP contribution in [0.4, 0.5) is 29.3 Å². The Kier molecular flexibility index (Phi) is 5.54. The summed E-state index contributed by atoms with van der Waals surface area (Å²) in [5, 5.41) is 5.13. The minimum Gasteiger partial charge on any atom is -0.351 e. The van der Waals surface area contributed by atoms with E-state index in [1.807, 2.05) is 0 Å². The molecule has 3 amide bonds. The Hall–Kier alpha value is -3.81. The van der Waals surface area contributed by atoms with Crippen molar-refractivity contribution in [2.75, 3.05) is 10.6 Å². The summed E-state index contributed by atoms with van der Waals surface area (Å²) in [6, 6.07) is 16.9. The van der Waals surface area contributed by atoms with E-state index in [0.29, 0.717) is 28.1 Å². The number of benzene rings is 3. The summed E-state index contributed by atoms with van der Waals surface area (Å²) < 4.78 is 38.3. The fourth-order valence-electron chi connectivity index (χ4n) is 2.75. The van der Waals surface area contributed by atoms with Gasteiger partial charge in [0.05, 0.1) is 5.56 Å². The monoisotopic (exact) mass is 399 g/mol. The first-order chi connectivity index (χ1) is 13.7. The average Bonchev–Trinajstić information content (AvgIpc) is 2.68. The van der Waals surface area contributed by atoms with E-state index in [1.165, 1.54) is 12.1 Å². The van der Waals surface area contributed by atoms with E-state index in [9.17, 15) is 22.8 Å². The topological polar surface area (TPSA) is 84.2 Å². The van der Waals surface area contributed by atoms with Crippen LogP contribution in [0, 0.1) is 0 Å². The molecule has 0 heterocycles. The molecule has 3 aromatic rings. The summed E-state index contributed by atoms with van der Waals surface area (Å²) in [4.78, 5) is 23.6. The van der Waals surface area contributed by atoms with Crippen molar-refractivity contribution in [2.24, 2.45) is 5.73 Å². The third-order valence-electron chi connectivity index (χ3n) is 4.11. The van der Waals surface area contributed by atoms with Crippen molar-refractivity contribution in [2.45, 2.75) is 6.18 Å². The van der Waals surface area contributed by atoms with Crippen molar-refractivity contribution >= 4 is 23.3 Å². The van der Waals surface area contributed by atoms with Crippen LogP contribution in [0.1, 0.15) is 15.9 Å². The maximum atomic E-state index is 12.8. The summed E-state index contributed by atoms with van der Waals surface area (Å²) in [6.45, 7) is 0. The molecule has 0 radical (unpaired) electrons. The Labute approximate surface area is 164 Å². The molecule has 0 bridgehead atoms. The van der Waals surface area contributed by atoms with Gasteiger partial charge in [0.25, 0.3) is 5.91 Å². The molecule has 0 atom stereocenters. The molecule has 148 valence electrons. The van der Waals surface area contributed by atoms with E-state index in [0.717, 1.165) is 12.1 Å². The molecule has 0 aromatic heterocycles. The third kappa shape index (κ3) is 4.92. The SMILES string of the molecule is NC(=O)Nc1ccc(NC(=O)c2ccccc2-c2ccc(C(F)(F)F)cc2)cc1. The lowest BCUT2D eigenvalue weighted by molar-refractivity contribution is -0.137. The maximum Gasteiger partial charge on any atom is 0.416 e. The molecule has 0 aliphatic heterocycles. The number of hydrogen-bond donors (Lipinski definition) is 3. The fourth-order valence-corrected chi connectivity index (χ4v) is 2.75. The highest BCUT2D eigenvalue weighted by atomic mass is 19.4. The molecule has 0 fully saturated rings. The molecule has 3 rings (SSSR count). The van der Waals surface area contributed by atoms with Gasteiger partial charge in [-0.1, -0.05) is 30.3 Å². The molecule has 0 saturated heterocycles. The Balaban J connectivity index is 1.83. The van der Waals surface area contributed by atoms with E-state index >= 15 is 0 Å². The van der Waals surface area contributed by atoms with Gasteiger partial charge in [0.2, 0.25) is 0 Å². The van der Waals surface area contributed by atoms with Gasteiger partial charge in [0, 0.05) is 16.9 Å². The largest absolute Gasteiger partial charge is 0.416 e. The number of carbonyl (C=O) groups excluding carboxylic acids is 2. The van der Waals surface area contributed by atoms with Crippen LogP contribution >= 0.6 is 0 Å². The number of anilines is 2. The summed E-state index contributed by atoms with van der Waals surface area (Å²) in [7, 11) is 0. The van der Waals surface area contributed by atoms with Crippen molar-refractivity contribution in [1.29, 1.82) is 0 Å². The molecule has 0 aliphatic rings. The minimum atomic E-state index is -4.43. The van der Waals surface area contributed by atoms with Crippen LogP contribution < -0.4 is 16.4 Å². The Bertz CT molecular complexity index is 1030. The average molecular weight is 399 g/mol. The normalized spacial score (nSPS) is 11.0. The smallest absolute Gasteiger partial charge is 0.351 e. The van der Waals surface area contributed by atoms with Crippen LogP contribution in [-0.4, -0.2) is 11.9 Å². The van der Waals surface area contributed by atoms with E-state index in [-0.39, 0.29) is 0 Å². The highest BCUT2D eigenvalue weighted by Gasteiger charge is 2.30. The molecule has 0 unspecified atom stereocenters. The van der Waals surface area contributed by atoms with Crippen LogP contribution in [0.2, 0.25) is 0 Å². The molecule has 0 spiro atoms. The molecule has 8 heteroatoms. The predicted molar refractivity (Wildman–Crippen MR) is 104 cm³/mol. The second-order valence-corrected chi connectivity index (χ2v) is 6.14. The summed E-state index contributed by atoms with van der Waals surface area (Å²) >= 11 is 0. The van der Waals surface area contributed by atoms with Crippen LogP contribution in [-0.2, 0) is 6.18 Å². The van der Waals surface area contributed by atoms with Crippen molar-refractivity contribution in [3.8, 4) is 11.1 Å². The lowest BCUT2D eigenvalue weighted by Crippen LogP contribution is -2.19. The van der Waals surface area contributed by atoms with Gasteiger partial charge in [-0.05, 0) is 53.6 Å². The second-order valence-electron chi connectivity index (χ2n) is 6.14. The summed E-state index contributed by atoms with van der Waals surface area (Å²) in [6.07, 6.45) is -4.43. The number of nitrogens with two attached hydrogens (primary N) is 1. The summed E-state index contributed by atoms with van der Waals surface area (Å²) in [5.74, 6) is -0.420. The van der Waals surface area contributed by atoms with Crippen molar-refractivity contribution < 1.29 is 22.8 Å². The van der Waals surface area contributed by atoms with Crippen molar-refractivity contribution in [1.82, 2.24) is 0 Å².